The molecule has 0 aliphatic heterocycles. The van der Waals surface area contributed by atoms with Crippen molar-refractivity contribution in [2.24, 2.45) is 5.73 Å². The van der Waals surface area contributed by atoms with Crippen molar-refractivity contribution in [1.29, 1.82) is 0 Å². The molecule has 2 rings (SSSR count). The van der Waals surface area contributed by atoms with Gasteiger partial charge in [-0.25, -0.2) is 0 Å². The van der Waals surface area contributed by atoms with E-state index < -0.39 is 0 Å². The highest BCUT2D eigenvalue weighted by Crippen LogP contribution is 2.31. The van der Waals surface area contributed by atoms with Gasteiger partial charge in [0.25, 0.3) is 0 Å². The molecule has 1 atom stereocenters. The van der Waals surface area contributed by atoms with Crippen molar-refractivity contribution in [2.45, 2.75) is 26.8 Å². The van der Waals surface area contributed by atoms with Gasteiger partial charge in [0, 0.05) is 14.8 Å². The molecule has 1 aromatic heterocycles. The lowest BCUT2D eigenvalue weighted by Crippen LogP contribution is -2.11. The molecule has 1 unspecified atom stereocenters. The molecule has 0 spiro atoms. The first-order valence-corrected chi connectivity index (χ1v) is 6.77. The van der Waals surface area contributed by atoms with Gasteiger partial charge in [0.2, 0.25) is 0 Å². The third kappa shape index (κ3) is 2.54. The molecule has 1 aromatic carbocycles. The Balaban J connectivity index is 2.40. The molecule has 0 bridgehead atoms. The predicted octanol–water partition coefficient (Wildman–Crippen LogP) is 4.37. The number of thiophene rings is 1. The quantitative estimate of drug-likeness (QED) is 0.857. The fourth-order valence-electron chi connectivity index (χ4n) is 1.92. The van der Waals surface area contributed by atoms with Crippen LogP contribution in [0.4, 0.5) is 0 Å². The fourth-order valence-corrected chi connectivity index (χ4v) is 3.18. The zero-order valence-corrected chi connectivity index (χ0v) is 11.8. The number of aryl methyl sites for hydroxylation is 3. The van der Waals surface area contributed by atoms with E-state index in [2.05, 4.69) is 26.0 Å². The lowest BCUT2D eigenvalue weighted by atomic mass is 10.0. The Bertz CT molecular complexity index is 545. The maximum atomic E-state index is 6.30. The predicted molar refractivity (Wildman–Crippen MR) is 76.0 cm³/mol. The second-order valence-electron chi connectivity index (χ2n) is 4.39. The van der Waals surface area contributed by atoms with Crippen LogP contribution in [0.5, 0.6) is 0 Å². The fraction of sp³-hybridized carbons (Fsp3) is 0.286. The third-order valence-corrected chi connectivity index (χ3v) is 4.56. The summed E-state index contributed by atoms with van der Waals surface area (Å²) in [6.07, 6.45) is 0. The maximum Gasteiger partial charge on any atom is 0.0649 e. The van der Waals surface area contributed by atoms with Crippen LogP contribution in [0.1, 0.15) is 32.5 Å². The van der Waals surface area contributed by atoms with Crippen molar-refractivity contribution in [1.82, 2.24) is 0 Å². The summed E-state index contributed by atoms with van der Waals surface area (Å²) in [4.78, 5) is 2.52. The van der Waals surface area contributed by atoms with Crippen LogP contribution in [0.25, 0.3) is 0 Å². The Morgan fingerprint density at radius 2 is 1.82 bits per heavy atom. The number of benzene rings is 1. The summed E-state index contributed by atoms with van der Waals surface area (Å²) in [6.45, 7) is 6.21. The van der Waals surface area contributed by atoms with Gasteiger partial charge in [0.15, 0.2) is 0 Å². The van der Waals surface area contributed by atoms with Crippen LogP contribution in [-0.2, 0) is 0 Å². The summed E-state index contributed by atoms with van der Waals surface area (Å²) in [6, 6.07) is 8.14. The molecule has 0 aliphatic rings. The topological polar surface area (TPSA) is 26.0 Å². The monoisotopic (exact) mass is 265 g/mol. The summed E-state index contributed by atoms with van der Waals surface area (Å²) >= 11 is 7.90. The molecule has 0 radical (unpaired) electrons. The summed E-state index contributed by atoms with van der Waals surface area (Å²) in [5.41, 5.74) is 9.72. The van der Waals surface area contributed by atoms with Crippen molar-refractivity contribution < 1.29 is 0 Å². The molecule has 3 heteroatoms. The second-order valence-corrected chi connectivity index (χ2v) is 6.09. The molecule has 17 heavy (non-hydrogen) atoms. The van der Waals surface area contributed by atoms with E-state index in [-0.39, 0.29) is 6.04 Å². The van der Waals surface area contributed by atoms with Gasteiger partial charge in [-0.3, -0.25) is 0 Å². The third-order valence-electron chi connectivity index (χ3n) is 2.92. The Morgan fingerprint density at radius 3 is 2.35 bits per heavy atom. The van der Waals surface area contributed by atoms with Crippen LogP contribution in [-0.4, -0.2) is 0 Å². The van der Waals surface area contributed by atoms with Crippen molar-refractivity contribution in [3.05, 3.63) is 55.7 Å². The van der Waals surface area contributed by atoms with Crippen LogP contribution >= 0.6 is 22.9 Å². The van der Waals surface area contributed by atoms with E-state index in [0.717, 1.165) is 16.1 Å². The first-order chi connectivity index (χ1) is 7.99. The Kier molecular flexibility index (Phi) is 3.57. The second kappa shape index (κ2) is 4.81. The lowest BCUT2D eigenvalue weighted by molar-refractivity contribution is 0.884. The van der Waals surface area contributed by atoms with E-state index in [9.17, 15) is 0 Å². The van der Waals surface area contributed by atoms with E-state index in [1.54, 1.807) is 11.3 Å². The van der Waals surface area contributed by atoms with E-state index in [0.29, 0.717) is 0 Å². The first kappa shape index (κ1) is 12.6. The summed E-state index contributed by atoms with van der Waals surface area (Å²) in [5, 5.41) is 0.781. The van der Waals surface area contributed by atoms with Crippen LogP contribution in [0.3, 0.4) is 0 Å². The minimum Gasteiger partial charge on any atom is -0.320 e. The van der Waals surface area contributed by atoms with Crippen molar-refractivity contribution >= 4 is 22.9 Å². The van der Waals surface area contributed by atoms with Gasteiger partial charge in [-0.2, -0.15) is 0 Å². The van der Waals surface area contributed by atoms with Gasteiger partial charge in [0.1, 0.15) is 0 Å². The van der Waals surface area contributed by atoms with Gasteiger partial charge in [-0.1, -0.05) is 23.7 Å². The van der Waals surface area contributed by atoms with Crippen LogP contribution in [0.2, 0.25) is 5.02 Å². The zero-order valence-electron chi connectivity index (χ0n) is 10.3. The van der Waals surface area contributed by atoms with E-state index in [4.69, 9.17) is 17.3 Å². The molecule has 2 N–H and O–H groups in total. The zero-order chi connectivity index (χ0) is 12.6. The molecule has 0 saturated carbocycles. The molecular weight excluding hydrogens is 250 g/mol. The molecular formula is C14H16ClNS. The molecule has 0 aliphatic carbocycles. The van der Waals surface area contributed by atoms with Gasteiger partial charge < -0.3 is 5.73 Å². The number of halogens is 1. The Hall–Kier alpha value is -0.830. The normalized spacial score (nSPS) is 12.8. The molecule has 0 saturated heterocycles. The van der Waals surface area contributed by atoms with Crippen LogP contribution in [0, 0.1) is 20.8 Å². The molecule has 1 heterocycles. The summed E-state index contributed by atoms with van der Waals surface area (Å²) in [7, 11) is 0. The van der Waals surface area contributed by atoms with Gasteiger partial charge >= 0.3 is 0 Å². The van der Waals surface area contributed by atoms with E-state index in [1.807, 2.05) is 19.1 Å². The maximum absolute atomic E-state index is 6.30. The minimum absolute atomic E-state index is 0.0770. The molecule has 1 nitrogen and oxygen atoms in total. The molecule has 0 fully saturated rings. The minimum atomic E-state index is -0.0770. The van der Waals surface area contributed by atoms with Crippen molar-refractivity contribution in [2.75, 3.05) is 0 Å². The van der Waals surface area contributed by atoms with E-state index in [1.165, 1.54) is 15.3 Å². The number of nitrogens with two attached hydrogens (primary N) is 1. The highest BCUT2D eigenvalue weighted by Gasteiger charge is 2.14. The highest BCUT2D eigenvalue weighted by molar-refractivity contribution is 7.12. The summed E-state index contributed by atoms with van der Waals surface area (Å²) in [5.74, 6) is 0. The molecule has 2 aromatic rings. The summed E-state index contributed by atoms with van der Waals surface area (Å²) < 4.78 is 0. The molecule has 90 valence electrons. The standard InChI is InChI=1S/C14H16ClNS/c1-8-4-5-11(7-12(8)15)13(16)14-9(2)6-10(3)17-14/h4-7,13H,16H2,1-3H3. The van der Waals surface area contributed by atoms with Crippen LogP contribution < -0.4 is 5.73 Å². The Labute approximate surface area is 111 Å². The largest absolute Gasteiger partial charge is 0.320 e. The highest BCUT2D eigenvalue weighted by atomic mass is 35.5. The smallest absolute Gasteiger partial charge is 0.0649 e. The SMILES string of the molecule is Cc1cc(C)c(C(N)c2ccc(C)c(Cl)c2)s1. The van der Waals surface area contributed by atoms with Crippen molar-refractivity contribution in [3.8, 4) is 0 Å². The van der Waals surface area contributed by atoms with Gasteiger partial charge in [0.05, 0.1) is 6.04 Å². The van der Waals surface area contributed by atoms with Gasteiger partial charge in [-0.15, -0.1) is 11.3 Å². The Morgan fingerprint density at radius 1 is 1.12 bits per heavy atom. The number of hydrogen-bond donors (Lipinski definition) is 1. The average Bonchev–Trinajstić information content (AvgIpc) is 2.61. The molecule has 0 amide bonds. The number of rotatable bonds is 2. The number of hydrogen-bond acceptors (Lipinski definition) is 2. The first-order valence-electron chi connectivity index (χ1n) is 5.57. The van der Waals surface area contributed by atoms with Crippen molar-refractivity contribution in [3.63, 3.8) is 0 Å². The average molecular weight is 266 g/mol. The lowest BCUT2D eigenvalue weighted by Gasteiger charge is -2.12. The van der Waals surface area contributed by atoms with Gasteiger partial charge in [-0.05, 0) is 49.6 Å². The van der Waals surface area contributed by atoms with E-state index >= 15 is 0 Å². The van der Waals surface area contributed by atoms with Crippen LogP contribution in [0.15, 0.2) is 24.3 Å².